The standard InChI is InChI=1S/C19H23N3O3/c1-12-17(14-7-9-22(12)10-8-14)21-18(23)19-20-11-16(25-19)13-3-5-15(24-2)6-4-13/h3-6,11-12,14,17H,7-10H2,1-2H3,(H,21,23). The van der Waals surface area contributed by atoms with E-state index in [0.717, 1.165) is 37.2 Å². The summed E-state index contributed by atoms with van der Waals surface area (Å²) in [5.41, 5.74) is 0.864. The Morgan fingerprint density at radius 2 is 2.00 bits per heavy atom. The number of rotatable bonds is 4. The summed E-state index contributed by atoms with van der Waals surface area (Å²) in [6, 6.07) is 8.02. The zero-order valence-electron chi connectivity index (χ0n) is 14.6. The molecular weight excluding hydrogens is 318 g/mol. The first kappa shape index (κ1) is 16.1. The summed E-state index contributed by atoms with van der Waals surface area (Å²) in [5.74, 6) is 1.80. The van der Waals surface area contributed by atoms with Crippen LogP contribution in [0.25, 0.3) is 11.3 Å². The molecule has 1 aromatic heterocycles. The number of ether oxygens (including phenoxy) is 1. The van der Waals surface area contributed by atoms with Crippen LogP contribution in [0.3, 0.4) is 0 Å². The highest BCUT2D eigenvalue weighted by molar-refractivity contribution is 5.90. The fraction of sp³-hybridized carbons (Fsp3) is 0.474. The third-order valence-electron chi connectivity index (χ3n) is 5.55. The van der Waals surface area contributed by atoms with Crippen molar-refractivity contribution in [2.75, 3.05) is 20.2 Å². The number of hydrogen-bond donors (Lipinski definition) is 1. The summed E-state index contributed by atoms with van der Waals surface area (Å²) in [4.78, 5) is 19.2. The minimum absolute atomic E-state index is 0.120. The number of piperidine rings is 3. The van der Waals surface area contributed by atoms with Gasteiger partial charge in [-0.3, -0.25) is 9.69 Å². The summed E-state index contributed by atoms with van der Waals surface area (Å²) < 4.78 is 10.8. The number of hydrogen-bond acceptors (Lipinski definition) is 5. The number of carbonyl (C=O) groups excluding carboxylic acids is 1. The fourth-order valence-corrected chi connectivity index (χ4v) is 4.03. The van der Waals surface area contributed by atoms with E-state index < -0.39 is 0 Å². The van der Waals surface area contributed by atoms with Gasteiger partial charge in [0.05, 0.1) is 13.3 Å². The molecule has 0 radical (unpaired) electrons. The molecule has 6 nitrogen and oxygen atoms in total. The third-order valence-corrected chi connectivity index (χ3v) is 5.55. The molecule has 2 bridgehead atoms. The lowest BCUT2D eigenvalue weighted by atomic mass is 9.79. The Bertz CT molecular complexity index is 746. The number of aromatic nitrogens is 1. The van der Waals surface area contributed by atoms with Crippen molar-refractivity contribution < 1.29 is 13.9 Å². The molecule has 0 spiro atoms. The molecule has 0 aliphatic carbocycles. The minimum Gasteiger partial charge on any atom is -0.497 e. The maximum atomic E-state index is 12.6. The van der Waals surface area contributed by atoms with Crippen LogP contribution in [0.2, 0.25) is 0 Å². The van der Waals surface area contributed by atoms with Crippen LogP contribution in [0.5, 0.6) is 5.75 Å². The molecule has 3 saturated heterocycles. The van der Waals surface area contributed by atoms with E-state index in [2.05, 4.69) is 22.1 Å². The molecule has 3 fully saturated rings. The van der Waals surface area contributed by atoms with E-state index in [1.165, 1.54) is 0 Å². The molecule has 6 heteroatoms. The Hall–Kier alpha value is -2.34. The predicted octanol–water partition coefficient (Wildman–Crippen LogP) is 2.56. The molecule has 25 heavy (non-hydrogen) atoms. The lowest BCUT2D eigenvalue weighted by molar-refractivity contribution is 0.0210. The normalized spacial score (nSPS) is 27.9. The number of oxazole rings is 1. The number of methoxy groups -OCH3 is 1. The van der Waals surface area contributed by atoms with Gasteiger partial charge in [0.15, 0.2) is 5.76 Å². The SMILES string of the molecule is COc1ccc(-c2cnc(C(=O)NC3C4CCN(CC4)C3C)o2)cc1. The maximum absolute atomic E-state index is 12.6. The average Bonchev–Trinajstić information content (AvgIpc) is 3.15. The van der Waals surface area contributed by atoms with Crippen molar-refractivity contribution in [2.45, 2.75) is 31.8 Å². The average molecular weight is 341 g/mol. The Morgan fingerprint density at radius 3 is 2.64 bits per heavy atom. The Labute approximate surface area is 147 Å². The van der Waals surface area contributed by atoms with Crippen LogP contribution in [0.1, 0.15) is 30.5 Å². The summed E-state index contributed by atoms with van der Waals surface area (Å²) >= 11 is 0. The minimum atomic E-state index is -0.231. The van der Waals surface area contributed by atoms with Gasteiger partial charge in [0.25, 0.3) is 5.89 Å². The van der Waals surface area contributed by atoms with Crippen molar-refractivity contribution in [3.05, 3.63) is 36.4 Å². The molecule has 3 aliphatic rings. The quantitative estimate of drug-likeness (QED) is 0.926. The van der Waals surface area contributed by atoms with Crippen LogP contribution >= 0.6 is 0 Å². The molecule has 1 N–H and O–H groups in total. The van der Waals surface area contributed by atoms with E-state index in [-0.39, 0.29) is 17.8 Å². The van der Waals surface area contributed by atoms with E-state index in [4.69, 9.17) is 9.15 Å². The van der Waals surface area contributed by atoms with Gasteiger partial charge in [-0.2, -0.15) is 0 Å². The summed E-state index contributed by atoms with van der Waals surface area (Å²) in [6.07, 6.45) is 3.90. The highest BCUT2D eigenvalue weighted by Gasteiger charge is 2.40. The van der Waals surface area contributed by atoms with Gasteiger partial charge in [-0.15, -0.1) is 0 Å². The topological polar surface area (TPSA) is 67.6 Å². The van der Waals surface area contributed by atoms with Crippen LogP contribution in [0, 0.1) is 5.92 Å². The second kappa shape index (κ2) is 6.52. The monoisotopic (exact) mass is 341 g/mol. The number of nitrogens with one attached hydrogen (secondary N) is 1. The van der Waals surface area contributed by atoms with Crippen LogP contribution in [-0.4, -0.2) is 48.1 Å². The number of carbonyl (C=O) groups is 1. The molecular formula is C19H23N3O3. The molecule has 2 unspecified atom stereocenters. The second-order valence-corrected chi connectivity index (χ2v) is 6.87. The first-order valence-electron chi connectivity index (χ1n) is 8.81. The van der Waals surface area contributed by atoms with Gasteiger partial charge in [-0.25, -0.2) is 4.98 Å². The first-order valence-corrected chi connectivity index (χ1v) is 8.81. The Morgan fingerprint density at radius 1 is 1.28 bits per heavy atom. The van der Waals surface area contributed by atoms with Gasteiger partial charge in [-0.1, -0.05) is 0 Å². The molecule has 3 aliphatic heterocycles. The maximum Gasteiger partial charge on any atom is 0.307 e. The van der Waals surface area contributed by atoms with Gasteiger partial charge in [0, 0.05) is 17.6 Å². The van der Waals surface area contributed by atoms with E-state index in [0.29, 0.717) is 17.7 Å². The Balaban J connectivity index is 1.47. The smallest absolute Gasteiger partial charge is 0.307 e. The molecule has 0 saturated carbocycles. The zero-order chi connectivity index (χ0) is 17.4. The molecule has 1 aromatic carbocycles. The van der Waals surface area contributed by atoms with Crippen molar-refractivity contribution >= 4 is 5.91 Å². The van der Waals surface area contributed by atoms with E-state index in [1.807, 2.05) is 24.3 Å². The van der Waals surface area contributed by atoms with Gasteiger partial charge in [0.2, 0.25) is 0 Å². The fourth-order valence-electron chi connectivity index (χ4n) is 4.03. The van der Waals surface area contributed by atoms with Gasteiger partial charge < -0.3 is 14.5 Å². The zero-order valence-corrected chi connectivity index (χ0v) is 14.6. The van der Waals surface area contributed by atoms with Gasteiger partial charge >= 0.3 is 5.91 Å². The molecule has 5 rings (SSSR count). The summed E-state index contributed by atoms with van der Waals surface area (Å²) in [5, 5.41) is 3.14. The number of fused-ring (bicyclic) bond motifs is 3. The molecule has 4 heterocycles. The predicted molar refractivity (Wildman–Crippen MR) is 93.5 cm³/mol. The number of nitrogens with zero attached hydrogens (tertiary/aromatic N) is 2. The largest absolute Gasteiger partial charge is 0.497 e. The lowest BCUT2D eigenvalue weighted by Gasteiger charge is -2.49. The van der Waals surface area contributed by atoms with Gasteiger partial charge in [0.1, 0.15) is 5.75 Å². The first-order chi connectivity index (χ1) is 12.2. The van der Waals surface area contributed by atoms with Crippen molar-refractivity contribution in [3.8, 4) is 17.1 Å². The van der Waals surface area contributed by atoms with E-state index >= 15 is 0 Å². The summed E-state index contributed by atoms with van der Waals surface area (Å²) in [7, 11) is 1.63. The van der Waals surface area contributed by atoms with Crippen LogP contribution < -0.4 is 10.1 Å². The number of amides is 1. The lowest BCUT2D eigenvalue weighted by Crippen LogP contribution is -2.62. The molecule has 132 valence electrons. The van der Waals surface area contributed by atoms with E-state index in [9.17, 15) is 4.79 Å². The van der Waals surface area contributed by atoms with Crippen molar-refractivity contribution in [1.82, 2.24) is 15.2 Å². The van der Waals surface area contributed by atoms with Crippen molar-refractivity contribution in [3.63, 3.8) is 0 Å². The van der Waals surface area contributed by atoms with Crippen molar-refractivity contribution in [1.29, 1.82) is 0 Å². The Kier molecular flexibility index (Phi) is 4.21. The molecule has 2 atom stereocenters. The van der Waals surface area contributed by atoms with Crippen LogP contribution in [-0.2, 0) is 0 Å². The highest BCUT2D eigenvalue weighted by Crippen LogP contribution is 2.32. The van der Waals surface area contributed by atoms with Crippen LogP contribution in [0.15, 0.2) is 34.9 Å². The molecule has 2 aromatic rings. The van der Waals surface area contributed by atoms with Crippen LogP contribution in [0.4, 0.5) is 0 Å². The van der Waals surface area contributed by atoms with Gasteiger partial charge in [-0.05, 0) is 63.0 Å². The molecule has 1 amide bonds. The highest BCUT2D eigenvalue weighted by atomic mass is 16.5. The second-order valence-electron chi connectivity index (χ2n) is 6.87. The van der Waals surface area contributed by atoms with E-state index in [1.54, 1.807) is 13.3 Å². The third kappa shape index (κ3) is 3.02. The number of benzene rings is 1. The summed E-state index contributed by atoms with van der Waals surface area (Å²) in [6.45, 7) is 4.46. The van der Waals surface area contributed by atoms with Crippen molar-refractivity contribution in [2.24, 2.45) is 5.92 Å².